The van der Waals surface area contributed by atoms with Gasteiger partial charge in [-0.1, -0.05) is 24.3 Å². The molecule has 1 aliphatic heterocycles. The Balaban J connectivity index is 1.87. The minimum Gasteiger partial charge on any atom is -0.463 e. The molecule has 0 saturated heterocycles. The summed E-state index contributed by atoms with van der Waals surface area (Å²) in [6, 6.07) is 13.8. The summed E-state index contributed by atoms with van der Waals surface area (Å²) in [5, 5.41) is 9.42. The molecule has 0 fully saturated rings. The van der Waals surface area contributed by atoms with Crippen LogP contribution < -0.4 is 16.0 Å². The first-order valence-electron chi connectivity index (χ1n) is 10.2. The minimum atomic E-state index is -0.488. The van der Waals surface area contributed by atoms with Gasteiger partial charge in [-0.3, -0.25) is 0 Å². The molecule has 0 bridgehead atoms. The molecule has 1 aliphatic rings. The Morgan fingerprint density at radius 1 is 1.16 bits per heavy atom. The summed E-state index contributed by atoms with van der Waals surface area (Å²) in [6.07, 6.45) is 0. The first-order chi connectivity index (χ1) is 15.3. The summed E-state index contributed by atoms with van der Waals surface area (Å²) in [6.45, 7) is 6.51. The van der Waals surface area contributed by atoms with Gasteiger partial charge in [-0.15, -0.1) is 0 Å². The highest BCUT2D eigenvalue weighted by atomic mass is 79.9. The average Bonchev–Trinajstić information content (AvgIpc) is 2.75. The van der Waals surface area contributed by atoms with Crippen molar-refractivity contribution in [2.45, 2.75) is 26.8 Å². The summed E-state index contributed by atoms with van der Waals surface area (Å²) >= 11 is 8.93. The smallest absolute Gasteiger partial charge is 0.338 e. The lowest BCUT2D eigenvalue weighted by Gasteiger charge is -2.37. The second kappa shape index (κ2) is 10.6. The largest absolute Gasteiger partial charge is 0.463 e. The van der Waals surface area contributed by atoms with Crippen molar-refractivity contribution in [2.75, 3.05) is 23.8 Å². The Morgan fingerprint density at radius 3 is 2.59 bits per heavy atom. The van der Waals surface area contributed by atoms with Gasteiger partial charge in [0.1, 0.15) is 0 Å². The van der Waals surface area contributed by atoms with Crippen LogP contribution >= 0.6 is 28.1 Å². The lowest BCUT2D eigenvalue weighted by Crippen LogP contribution is -2.47. The van der Waals surface area contributed by atoms with Crippen LogP contribution in [0.25, 0.3) is 0 Å². The van der Waals surface area contributed by atoms with Gasteiger partial charge in [0, 0.05) is 22.4 Å². The van der Waals surface area contributed by atoms with E-state index >= 15 is 0 Å². The van der Waals surface area contributed by atoms with E-state index in [1.54, 1.807) is 19.1 Å². The number of amides is 2. The first kappa shape index (κ1) is 23.7. The molecule has 0 radical (unpaired) electrons. The number of nitrogens with one attached hydrogen (secondary N) is 3. The Bertz CT molecular complexity index is 1070. The Labute approximate surface area is 201 Å². The standard InChI is InChI=1S/C23H25BrN4O3S/c1-4-28-14(3)19(21(29)31-5-2)20(27-23(28)32)15-9-8-10-16(13-15)25-22(30)26-18-12-7-6-11-17(18)24/h6-13,20H,4-5H2,1-3H3,(H,27,32)(H2,25,26,30). The maximum Gasteiger partial charge on any atom is 0.338 e. The molecule has 9 heteroatoms. The van der Waals surface area contributed by atoms with E-state index < -0.39 is 12.0 Å². The molecule has 2 amide bonds. The van der Waals surface area contributed by atoms with Gasteiger partial charge in [-0.2, -0.15) is 0 Å². The number of rotatable bonds is 6. The van der Waals surface area contributed by atoms with Crippen LogP contribution in [0.1, 0.15) is 32.4 Å². The lowest BCUT2D eigenvalue weighted by molar-refractivity contribution is -0.139. The predicted molar refractivity (Wildman–Crippen MR) is 133 cm³/mol. The third-order valence-corrected chi connectivity index (χ3v) is 6.04. The molecular weight excluding hydrogens is 492 g/mol. The Kier molecular flexibility index (Phi) is 7.87. The first-order valence-corrected chi connectivity index (χ1v) is 11.4. The van der Waals surface area contributed by atoms with Crippen molar-refractivity contribution in [1.29, 1.82) is 0 Å². The average molecular weight is 517 g/mol. The zero-order valence-corrected chi connectivity index (χ0v) is 20.5. The molecule has 2 aromatic carbocycles. The van der Waals surface area contributed by atoms with Crippen molar-refractivity contribution < 1.29 is 14.3 Å². The number of allylic oxidation sites excluding steroid dienone is 1. The van der Waals surface area contributed by atoms with Gasteiger partial charge >= 0.3 is 12.0 Å². The number of thiocarbonyl (C=S) groups is 1. The highest BCUT2D eigenvalue weighted by Crippen LogP contribution is 2.32. The van der Waals surface area contributed by atoms with Crippen LogP contribution in [-0.2, 0) is 9.53 Å². The van der Waals surface area contributed by atoms with Gasteiger partial charge in [0.2, 0.25) is 0 Å². The number of benzene rings is 2. The van der Waals surface area contributed by atoms with Gasteiger partial charge in [0.25, 0.3) is 0 Å². The molecule has 0 saturated carbocycles. The number of halogens is 1. The number of urea groups is 1. The van der Waals surface area contributed by atoms with E-state index in [9.17, 15) is 9.59 Å². The third-order valence-electron chi connectivity index (χ3n) is 5.01. The van der Waals surface area contributed by atoms with Crippen molar-refractivity contribution in [2.24, 2.45) is 0 Å². The van der Waals surface area contributed by atoms with E-state index in [4.69, 9.17) is 17.0 Å². The molecule has 1 unspecified atom stereocenters. The topological polar surface area (TPSA) is 82.7 Å². The molecule has 3 rings (SSSR count). The number of nitrogens with zero attached hydrogens (tertiary/aromatic N) is 1. The highest BCUT2D eigenvalue weighted by molar-refractivity contribution is 9.10. The molecule has 32 heavy (non-hydrogen) atoms. The van der Waals surface area contributed by atoms with E-state index in [2.05, 4.69) is 31.9 Å². The number of esters is 1. The number of ether oxygens (including phenoxy) is 1. The summed E-state index contributed by atoms with van der Waals surface area (Å²) in [7, 11) is 0. The number of hydrogen-bond acceptors (Lipinski definition) is 4. The number of carbonyl (C=O) groups excluding carboxylic acids is 2. The van der Waals surface area contributed by atoms with Crippen molar-refractivity contribution in [1.82, 2.24) is 10.2 Å². The quantitative estimate of drug-likeness (QED) is 0.362. The fourth-order valence-electron chi connectivity index (χ4n) is 3.53. The van der Waals surface area contributed by atoms with Crippen LogP contribution in [0.15, 0.2) is 64.3 Å². The van der Waals surface area contributed by atoms with Crippen LogP contribution in [0.3, 0.4) is 0 Å². The predicted octanol–water partition coefficient (Wildman–Crippen LogP) is 5.18. The third kappa shape index (κ3) is 5.28. The fraction of sp³-hybridized carbons (Fsp3) is 0.261. The molecule has 0 aliphatic carbocycles. The second-order valence-corrected chi connectivity index (χ2v) is 8.27. The summed E-state index contributed by atoms with van der Waals surface area (Å²) < 4.78 is 6.09. The zero-order valence-electron chi connectivity index (χ0n) is 18.1. The van der Waals surface area contributed by atoms with E-state index in [1.165, 1.54) is 0 Å². The van der Waals surface area contributed by atoms with Gasteiger partial charge in [0.15, 0.2) is 5.11 Å². The maximum absolute atomic E-state index is 12.8. The molecule has 3 N–H and O–H groups in total. The zero-order chi connectivity index (χ0) is 23.3. The lowest BCUT2D eigenvalue weighted by atomic mass is 9.94. The van der Waals surface area contributed by atoms with E-state index in [1.807, 2.05) is 55.1 Å². The molecule has 1 heterocycles. The number of para-hydroxylation sites is 1. The molecular formula is C23H25BrN4O3S. The SMILES string of the molecule is CCOC(=O)C1=C(C)N(CC)C(=S)NC1c1cccc(NC(=O)Nc2ccccc2Br)c1. The normalized spacial score (nSPS) is 15.8. The van der Waals surface area contributed by atoms with E-state index in [0.29, 0.717) is 28.6 Å². The number of hydrogen-bond donors (Lipinski definition) is 3. The Morgan fingerprint density at radius 2 is 1.91 bits per heavy atom. The van der Waals surface area contributed by atoms with Crippen LogP contribution in [0.2, 0.25) is 0 Å². The van der Waals surface area contributed by atoms with Crippen molar-refractivity contribution in [3.63, 3.8) is 0 Å². The molecule has 1 atom stereocenters. The van der Waals surface area contributed by atoms with Crippen molar-refractivity contribution >= 4 is 56.6 Å². The van der Waals surface area contributed by atoms with Gasteiger partial charge in [-0.25, -0.2) is 9.59 Å². The fourth-order valence-corrected chi connectivity index (χ4v) is 4.30. The van der Waals surface area contributed by atoms with Crippen LogP contribution in [0, 0.1) is 0 Å². The summed E-state index contributed by atoms with van der Waals surface area (Å²) in [5.41, 5.74) is 3.27. The van der Waals surface area contributed by atoms with Gasteiger partial charge in [0.05, 0.1) is 23.9 Å². The Hall–Kier alpha value is -2.91. The molecule has 168 valence electrons. The summed E-state index contributed by atoms with van der Waals surface area (Å²) in [4.78, 5) is 27.1. The minimum absolute atomic E-state index is 0.274. The van der Waals surface area contributed by atoms with Crippen molar-refractivity contribution in [3.8, 4) is 0 Å². The number of carbonyl (C=O) groups is 2. The molecule has 0 aromatic heterocycles. The van der Waals surface area contributed by atoms with Crippen molar-refractivity contribution in [3.05, 3.63) is 69.8 Å². The maximum atomic E-state index is 12.8. The van der Waals surface area contributed by atoms with Crippen LogP contribution in [0.5, 0.6) is 0 Å². The van der Waals surface area contributed by atoms with Gasteiger partial charge < -0.3 is 25.6 Å². The molecule has 7 nitrogen and oxygen atoms in total. The van der Waals surface area contributed by atoms with Crippen LogP contribution in [0.4, 0.5) is 16.2 Å². The van der Waals surface area contributed by atoms with E-state index in [0.717, 1.165) is 15.7 Å². The highest BCUT2D eigenvalue weighted by Gasteiger charge is 2.34. The van der Waals surface area contributed by atoms with Gasteiger partial charge in [-0.05, 0) is 78.7 Å². The number of anilines is 2. The molecule has 0 spiro atoms. The second-order valence-electron chi connectivity index (χ2n) is 7.03. The summed E-state index contributed by atoms with van der Waals surface area (Å²) in [5.74, 6) is -0.395. The van der Waals surface area contributed by atoms with E-state index in [-0.39, 0.29) is 12.6 Å². The van der Waals surface area contributed by atoms with Crippen LogP contribution in [-0.4, -0.2) is 35.2 Å². The molecule has 2 aromatic rings. The monoisotopic (exact) mass is 516 g/mol.